The SMILES string of the molecule is CC(C)C(NC(=O)C1CCCN1C(=O)C(N)CC(=O)O)C(=O)NC(Cc1ccccc1)C(=O)O. The first-order chi connectivity index (χ1) is 16.0. The zero-order valence-corrected chi connectivity index (χ0v) is 19.3. The molecule has 6 N–H and O–H groups in total. The van der Waals surface area contributed by atoms with E-state index in [9.17, 15) is 29.1 Å². The Morgan fingerprint density at radius 2 is 1.74 bits per heavy atom. The van der Waals surface area contributed by atoms with Crippen molar-refractivity contribution in [1.82, 2.24) is 15.5 Å². The zero-order valence-electron chi connectivity index (χ0n) is 19.3. The first kappa shape index (κ1) is 26.8. The van der Waals surface area contributed by atoms with Gasteiger partial charge in [0.2, 0.25) is 17.7 Å². The third kappa shape index (κ3) is 7.27. The van der Waals surface area contributed by atoms with Crippen molar-refractivity contribution in [3.8, 4) is 0 Å². The minimum absolute atomic E-state index is 0.0764. The third-order valence-corrected chi connectivity index (χ3v) is 5.69. The Hall–Kier alpha value is -3.47. The molecular formula is C23H32N4O7. The molecule has 2 rings (SSSR count). The van der Waals surface area contributed by atoms with E-state index in [4.69, 9.17) is 10.8 Å². The number of hydrogen-bond acceptors (Lipinski definition) is 6. The number of carboxylic acids is 2. The van der Waals surface area contributed by atoms with Crippen molar-refractivity contribution < 1.29 is 34.2 Å². The van der Waals surface area contributed by atoms with Crippen LogP contribution in [0, 0.1) is 5.92 Å². The standard InChI is InChI=1S/C23H32N4O7/c1-13(2)19(21(31)25-16(23(33)34)11-14-7-4-3-5-8-14)26-20(30)17-9-6-10-27(17)22(32)15(24)12-18(28)29/h3-5,7-8,13,15-17,19H,6,9-12,24H2,1-2H3,(H,25,31)(H,26,30)(H,28,29)(H,33,34). The molecular weight excluding hydrogens is 444 g/mol. The van der Waals surface area contributed by atoms with E-state index in [1.807, 2.05) is 0 Å². The molecule has 0 aliphatic carbocycles. The van der Waals surface area contributed by atoms with Gasteiger partial charge in [-0.05, 0) is 24.3 Å². The minimum Gasteiger partial charge on any atom is -0.481 e. The molecule has 11 nitrogen and oxygen atoms in total. The number of benzene rings is 1. The molecule has 34 heavy (non-hydrogen) atoms. The van der Waals surface area contributed by atoms with Crippen LogP contribution >= 0.6 is 0 Å². The van der Waals surface area contributed by atoms with Crippen LogP contribution in [-0.4, -0.2) is 75.5 Å². The van der Waals surface area contributed by atoms with Crippen molar-refractivity contribution in [2.45, 2.75) is 63.7 Å². The van der Waals surface area contributed by atoms with Crippen LogP contribution < -0.4 is 16.4 Å². The lowest BCUT2D eigenvalue weighted by Crippen LogP contribution is -2.58. The van der Waals surface area contributed by atoms with Crippen molar-refractivity contribution >= 4 is 29.7 Å². The highest BCUT2D eigenvalue weighted by molar-refractivity contribution is 5.95. The molecule has 0 radical (unpaired) electrons. The summed E-state index contributed by atoms with van der Waals surface area (Å²) in [7, 11) is 0. The van der Waals surface area contributed by atoms with Crippen molar-refractivity contribution in [1.29, 1.82) is 0 Å². The summed E-state index contributed by atoms with van der Waals surface area (Å²) in [6.07, 6.45) is 0.390. The Kier molecular flexibility index (Phi) is 9.55. The Morgan fingerprint density at radius 1 is 1.09 bits per heavy atom. The zero-order chi connectivity index (χ0) is 25.4. The van der Waals surface area contributed by atoms with Gasteiger partial charge in [0.15, 0.2) is 0 Å². The van der Waals surface area contributed by atoms with Gasteiger partial charge in [0.1, 0.15) is 18.1 Å². The number of amides is 3. The summed E-state index contributed by atoms with van der Waals surface area (Å²) in [5.41, 5.74) is 6.42. The van der Waals surface area contributed by atoms with Gasteiger partial charge >= 0.3 is 11.9 Å². The smallest absolute Gasteiger partial charge is 0.326 e. The highest BCUT2D eigenvalue weighted by atomic mass is 16.4. The average Bonchev–Trinajstić information content (AvgIpc) is 3.26. The minimum atomic E-state index is -1.27. The topological polar surface area (TPSA) is 179 Å². The maximum Gasteiger partial charge on any atom is 0.326 e. The largest absolute Gasteiger partial charge is 0.481 e. The van der Waals surface area contributed by atoms with Crippen LogP contribution in [0.25, 0.3) is 0 Å². The number of aliphatic carboxylic acids is 2. The van der Waals surface area contributed by atoms with Gasteiger partial charge in [0.05, 0.1) is 12.5 Å². The van der Waals surface area contributed by atoms with Crippen LogP contribution in [0.5, 0.6) is 0 Å². The van der Waals surface area contributed by atoms with Crippen molar-refractivity contribution in [3.63, 3.8) is 0 Å². The van der Waals surface area contributed by atoms with Crippen molar-refractivity contribution in [3.05, 3.63) is 35.9 Å². The molecule has 1 fully saturated rings. The van der Waals surface area contributed by atoms with E-state index in [-0.39, 0.29) is 18.9 Å². The van der Waals surface area contributed by atoms with Crippen LogP contribution in [0.1, 0.15) is 38.7 Å². The summed E-state index contributed by atoms with van der Waals surface area (Å²) in [6.45, 7) is 3.66. The molecule has 0 saturated carbocycles. The molecule has 4 unspecified atom stereocenters. The normalized spacial score (nSPS) is 18.1. The Morgan fingerprint density at radius 3 is 2.29 bits per heavy atom. The number of nitrogens with zero attached hydrogens (tertiary/aromatic N) is 1. The first-order valence-corrected chi connectivity index (χ1v) is 11.2. The van der Waals surface area contributed by atoms with E-state index >= 15 is 0 Å². The van der Waals surface area contributed by atoms with E-state index in [0.717, 1.165) is 5.56 Å². The molecule has 0 aromatic heterocycles. The Bertz CT molecular complexity index is 906. The van der Waals surface area contributed by atoms with Crippen molar-refractivity contribution in [2.24, 2.45) is 11.7 Å². The second-order valence-corrected chi connectivity index (χ2v) is 8.71. The lowest BCUT2D eigenvalue weighted by atomic mass is 10.0. The number of nitrogens with two attached hydrogens (primary N) is 1. The second-order valence-electron chi connectivity index (χ2n) is 8.71. The summed E-state index contributed by atoms with van der Waals surface area (Å²) in [5, 5.41) is 23.6. The molecule has 4 atom stereocenters. The maximum atomic E-state index is 13.0. The number of carboxylic acid groups (broad SMARTS) is 2. The number of rotatable bonds is 11. The number of hydrogen-bond donors (Lipinski definition) is 5. The molecule has 11 heteroatoms. The molecule has 1 saturated heterocycles. The Balaban J connectivity index is 2.08. The molecule has 1 aromatic carbocycles. The van der Waals surface area contributed by atoms with E-state index in [1.54, 1.807) is 44.2 Å². The molecule has 186 valence electrons. The molecule has 3 amide bonds. The quantitative estimate of drug-likeness (QED) is 0.289. The molecule has 1 aromatic rings. The van der Waals surface area contributed by atoms with Gasteiger partial charge in [-0.3, -0.25) is 19.2 Å². The van der Waals surface area contributed by atoms with Crippen LogP contribution in [0.2, 0.25) is 0 Å². The summed E-state index contributed by atoms with van der Waals surface area (Å²) >= 11 is 0. The van der Waals surface area contributed by atoms with Gasteiger partial charge in [-0.2, -0.15) is 0 Å². The Labute approximate surface area is 197 Å². The predicted octanol–water partition coefficient (Wildman–Crippen LogP) is -0.268. The number of likely N-dealkylation sites (tertiary alicyclic amines) is 1. The molecule has 0 spiro atoms. The predicted molar refractivity (Wildman–Crippen MR) is 121 cm³/mol. The number of nitrogens with one attached hydrogen (secondary N) is 2. The number of carbonyl (C=O) groups is 5. The number of carbonyl (C=O) groups excluding carboxylic acids is 3. The molecule has 1 heterocycles. The van der Waals surface area contributed by atoms with Crippen LogP contribution in [0.3, 0.4) is 0 Å². The lowest BCUT2D eigenvalue weighted by molar-refractivity contribution is -0.144. The van der Waals surface area contributed by atoms with E-state index in [0.29, 0.717) is 12.8 Å². The van der Waals surface area contributed by atoms with Crippen LogP contribution in [-0.2, 0) is 30.4 Å². The van der Waals surface area contributed by atoms with E-state index in [1.165, 1.54) is 4.90 Å². The van der Waals surface area contributed by atoms with Gasteiger partial charge in [-0.15, -0.1) is 0 Å². The van der Waals surface area contributed by atoms with E-state index in [2.05, 4.69) is 10.6 Å². The van der Waals surface area contributed by atoms with Gasteiger partial charge in [0, 0.05) is 13.0 Å². The fraction of sp³-hybridized carbons (Fsp3) is 0.522. The highest BCUT2D eigenvalue weighted by Gasteiger charge is 2.38. The average molecular weight is 477 g/mol. The van der Waals surface area contributed by atoms with Crippen LogP contribution in [0.4, 0.5) is 0 Å². The lowest BCUT2D eigenvalue weighted by Gasteiger charge is -2.29. The van der Waals surface area contributed by atoms with Gasteiger partial charge in [0.25, 0.3) is 0 Å². The molecule has 1 aliphatic rings. The second kappa shape index (κ2) is 12.1. The third-order valence-electron chi connectivity index (χ3n) is 5.69. The van der Waals surface area contributed by atoms with Gasteiger partial charge in [-0.1, -0.05) is 44.2 Å². The fourth-order valence-electron chi connectivity index (χ4n) is 3.89. The van der Waals surface area contributed by atoms with E-state index < -0.39 is 60.2 Å². The summed E-state index contributed by atoms with van der Waals surface area (Å²) < 4.78 is 0. The fourth-order valence-corrected chi connectivity index (χ4v) is 3.89. The van der Waals surface area contributed by atoms with Crippen molar-refractivity contribution in [2.75, 3.05) is 6.54 Å². The summed E-state index contributed by atoms with van der Waals surface area (Å²) in [6, 6.07) is 4.46. The summed E-state index contributed by atoms with van der Waals surface area (Å²) in [4.78, 5) is 62.3. The maximum absolute atomic E-state index is 13.0. The van der Waals surface area contributed by atoms with Gasteiger partial charge < -0.3 is 31.5 Å². The first-order valence-electron chi connectivity index (χ1n) is 11.2. The monoisotopic (exact) mass is 476 g/mol. The highest BCUT2D eigenvalue weighted by Crippen LogP contribution is 2.19. The van der Waals surface area contributed by atoms with Crippen LogP contribution in [0.15, 0.2) is 30.3 Å². The van der Waals surface area contributed by atoms with Gasteiger partial charge in [-0.25, -0.2) is 4.79 Å². The summed E-state index contributed by atoms with van der Waals surface area (Å²) in [5.74, 6) is -4.65. The molecule has 1 aliphatic heterocycles. The molecule has 0 bridgehead atoms.